The molecule has 0 saturated heterocycles. The third-order valence-corrected chi connectivity index (χ3v) is 5.34. The third-order valence-electron chi connectivity index (χ3n) is 5.34. The SMILES string of the molecule is COc1ccc2c(c1)N(CCO)C1=C(C(=O)CCC1)C2c1ccccc1. The van der Waals surface area contributed by atoms with E-state index in [1.165, 1.54) is 0 Å². The van der Waals surface area contributed by atoms with Gasteiger partial charge in [0.05, 0.1) is 13.7 Å². The number of fused-ring (bicyclic) bond motifs is 1. The lowest BCUT2D eigenvalue weighted by Crippen LogP contribution is -2.36. The third kappa shape index (κ3) is 2.71. The Morgan fingerprint density at radius 1 is 1.15 bits per heavy atom. The highest BCUT2D eigenvalue weighted by atomic mass is 16.5. The van der Waals surface area contributed by atoms with Gasteiger partial charge < -0.3 is 14.7 Å². The lowest BCUT2D eigenvalue weighted by atomic mass is 9.75. The molecular formula is C22H23NO3. The summed E-state index contributed by atoms with van der Waals surface area (Å²) in [5.74, 6) is 0.948. The van der Waals surface area contributed by atoms with Crippen molar-refractivity contribution in [2.75, 3.05) is 25.2 Å². The average molecular weight is 349 g/mol. The van der Waals surface area contributed by atoms with Crippen LogP contribution in [0.5, 0.6) is 5.75 Å². The van der Waals surface area contributed by atoms with E-state index in [1.54, 1.807) is 7.11 Å². The van der Waals surface area contributed by atoms with Crippen molar-refractivity contribution in [3.63, 3.8) is 0 Å². The number of carbonyl (C=O) groups is 1. The number of rotatable bonds is 4. The van der Waals surface area contributed by atoms with Gasteiger partial charge in [-0.05, 0) is 30.0 Å². The number of ether oxygens (including phenoxy) is 1. The Hall–Kier alpha value is -2.59. The molecule has 0 saturated carbocycles. The zero-order chi connectivity index (χ0) is 18.1. The van der Waals surface area contributed by atoms with E-state index in [-0.39, 0.29) is 18.3 Å². The molecule has 134 valence electrons. The maximum absolute atomic E-state index is 12.9. The standard InChI is InChI=1S/C22H23NO3/c1-26-16-10-11-17-19(14-16)23(12-13-24)18-8-5-9-20(25)22(18)21(17)15-6-3-2-4-7-15/h2-4,6-7,10-11,14,21,24H,5,8-9,12-13H2,1H3. The van der Waals surface area contributed by atoms with Crippen molar-refractivity contribution in [2.45, 2.75) is 25.2 Å². The molecule has 4 heteroatoms. The molecule has 1 aliphatic heterocycles. The minimum Gasteiger partial charge on any atom is -0.497 e. The van der Waals surface area contributed by atoms with Crippen molar-refractivity contribution < 1.29 is 14.6 Å². The number of ketones is 1. The van der Waals surface area contributed by atoms with Gasteiger partial charge in [0.1, 0.15) is 5.75 Å². The summed E-state index contributed by atoms with van der Waals surface area (Å²) >= 11 is 0. The Kier molecular flexibility index (Phi) is 4.51. The number of Topliss-reactive ketones (excluding diaryl/α,β-unsaturated/α-hetero) is 1. The second-order valence-electron chi connectivity index (χ2n) is 6.78. The van der Waals surface area contributed by atoms with Crippen LogP contribution in [-0.2, 0) is 4.79 Å². The minimum atomic E-state index is -0.0603. The van der Waals surface area contributed by atoms with E-state index in [9.17, 15) is 9.90 Å². The molecule has 4 rings (SSSR count). The first-order valence-electron chi connectivity index (χ1n) is 9.12. The Bertz CT molecular complexity index is 857. The van der Waals surface area contributed by atoms with Crippen molar-refractivity contribution in [3.05, 3.63) is 70.9 Å². The monoisotopic (exact) mass is 349 g/mol. The quantitative estimate of drug-likeness (QED) is 0.915. The van der Waals surface area contributed by atoms with Crippen LogP contribution >= 0.6 is 0 Å². The van der Waals surface area contributed by atoms with Gasteiger partial charge in [0.15, 0.2) is 5.78 Å². The van der Waals surface area contributed by atoms with Crippen LogP contribution < -0.4 is 9.64 Å². The molecule has 0 fully saturated rings. The molecule has 26 heavy (non-hydrogen) atoms. The number of β-amino-alcohol motifs (C(OH)–C–C–N with tert-alkyl or cyclic N) is 1. The zero-order valence-corrected chi connectivity index (χ0v) is 14.9. The van der Waals surface area contributed by atoms with E-state index in [0.29, 0.717) is 13.0 Å². The summed E-state index contributed by atoms with van der Waals surface area (Å²) in [5.41, 5.74) is 5.21. The van der Waals surface area contributed by atoms with Gasteiger partial charge in [0.2, 0.25) is 0 Å². The lowest BCUT2D eigenvalue weighted by molar-refractivity contribution is -0.116. The van der Waals surface area contributed by atoms with E-state index in [0.717, 1.165) is 46.7 Å². The van der Waals surface area contributed by atoms with Crippen LogP contribution in [0.25, 0.3) is 0 Å². The van der Waals surface area contributed by atoms with Crippen molar-refractivity contribution in [1.29, 1.82) is 0 Å². The molecule has 0 aromatic heterocycles. The zero-order valence-electron chi connectivity index (χ0n) is 14.9. The summed E-state index contributed by atoms with van der Waals surface area (Å²) < 4.78 is 5.43. The first-order valence-corrected chi connectivity index (χ1v) is 9.12. The maximum atomic E-state index is 12.9. The van der Waals surface area contributed by atoms with Gasteiger partial charge in [-0.2, -0.15) is 0 Å². The van der Waals surface area contributed by atoms with Crippen LogP contribution in [0.4, 0.5) is 5.69 Å². The number of allylic oxidation sites excluding steroid dienone is 2. The molecule has 0 amide bonds. The van der Waals surface area contributed by atoms with Crippen molar-refractivity contribution in [3.8, 4) is 5.75 Å². The molecule has 4 nitrogen and oxygen atoms in total. The summed E-state index contributed by atoms with van der Waals surface area (Å²) in [6, 6.07) is 16.2. The fourth-order valence-electron chi connectivity index (χ4n) is 4.23. The molecule has 1 unspecified atom stereocenters. The molecule has 1 aliphatic carbocycles. The van der Waals surface area contributed by atoms with Crippen LogP contribution in [-0.4, -0.2) is 31.2 Å². The summed E-state index contributed by atoms with van der Waals surface area (Å²) in [5, 5.41) is 9.63. The number of methoxy groups -OCH3 is 1. The van der Waals surface area contributed by atoms with E-state index in [2.05, 4.69) is 23.1 Å². The molecule has 2 aromatic rings. The van der Waals surface area contributed by atoms with Crippen molar-refractivity contribution in [1.82, 2.24) is 0 Å². The summed E-state index contributed by atoms with van der Waals surface area (Å²) in [4.78, 5) is 15.0. The molecule has 1 N–H and O–H groups in total. The number of anilines is 1. The van der Waals surface area contributed by atoms with Gasteiger partial charge in [-0.25, -0.2) is 0 Å². The molecule has 1 atom stereocenters. The van der Waals surface area contributed by atoms with Gasteiger partial charge in [-0.1, -0.05) is 36.4 Å². The number of hydrogen-bond donors (Lipinski definition) is 1. The Labute approximate surface area is 153 Å². The van der Waals surface area contributed by atoms with E-state index in [1.807, 2.05) is 30.3 Å². The normalized spacial score (nSPS) is 19.2. The lowest BCUT2D eigenvalue weighted by Gasteiger charge is -2.41. The Morgan fingerprint density at radius 3 is 2.69 bits per heavy atom. The summed E-state index contributed by atoms with van der Waals surface area (Å²) in [6.45, 7) is 0.519. The van der Waals surface area contributed by atoms with Gasteiger partial charge in [-0.15, -0.1) is 0 Å². The molecule has 2 aromatic carbocycles. The van der Waals surface area contributed by atoms with Crippen LogP contribution in [0.2, 0.25) is 0 Å². The minimum absolute atomic E-state index is 0.0393. The first kappa shape index (κ1) is 16.9. The fourth-order valence-corrected chi connectivity index (χ4v) is 4.23. The fraction of sp³-hybridized carbons (Fsp3) is 0.318. The molecular weight excluding hydrogens is 326 g/mol. The predicted molar refractivity (Wildman–Crippen MR) is 102 cm³/mol. The van der Waals surface area contributed by atoms with E-state index >= 15 is 0 Å². The number of benzene rings is 2. The van der Waals surface area contributed by atoms with Gasteiger partial charge in [0.25, 0.3) is 0 Å². The number of hydrogen-bond acceptors (Lipinski definition) is 4. The van der Waals surface area contributed by atoms with E-state index in [4.69, 9.17) is 4.74 Å². The van der Waals surface area contributed by atoms with Gasteiger partial charge in [0, 0.05) is 41.9 Å². The topological polar surface area (TPSA) is 49.8 Å². The predicted octanol–water partition coefficient (Wildman–Crippen LogP) is 3.65. The van der Waals surface area contributed by atoms with Gasteiger partial charge >= 0.3 is 0 Å². The smallest absolute Gasteiger partial charge is 0.161 e. The maximum Gasteiger partial charge on any atom is 0.161 e. The first-order chi connectivity index (χ1) is 12.7. The number of aliphatic hydroxyl groups excluding tert-OH is 1. The van der Waals surface area contributed by atoms with Crippen molar-refractivity contribution in [2.24, 2.45) is 0 Å². The molecule has 0 bridgehead atoms. The highest BCUT2D eigenvalue weighted by molar-refractivity contribution is 6.01. The average Bonchev–Trinajstić information content (AvgIpc) is 2.69. The van der Waals surface area contributed by atoms with Crippen molar-refractivity contribution >= 4 is 11.5 Å². The molecule has 0 spiro atoms. The van der Waals surface area contributed by atoms with Crippen LogP contribution in [0.1, 0.15) is 36.3 Å². The van der Waals surface area contributed by atoms with Crippen LogP contribution in [0.3, 0.4) is 0 Å². The largest absolute Gasteiger partial charge is 0.497 e. The molecule has 0 radical (unpaired) electrons. The Morgan fingerprint density at radius 2 is 1.96 bits per heavy atom. The second kappa shape index (κ2) is 6.96. The molecule has 1 heterocycles. The molecule has 2 aliphatic rings. The van der Waals surface area contributed by atoms with Gasteiger partial charge in [-0.3, -0.25) is 4.79 Å². The second-order valence-corrected chi connectivity index (χ2v) is 6.78. The Balaban J connectivity index is 1.97. The highest BCUT2D eigenvalue weighted by Crippen LogP contribution is 2.48. The summed E-state index contributed by atoms with van der Waals surface area (Å²) in [7, 11) is 1.66. The number of carbonyl (C=O) groups excluding carboxylic acids is 1. The highest BCUT2D eigenvalue weighted by Gasteiger charge is 2.38. The van der Waals surface area contributed by atoms with E-state index < -0.39 is 0 Å². The summed E-state index contributed by atoms with van der Waals surface area (Å²) in [6.07, 6.45) is 2.32. The van der Waals surface area contributed by atoms with Crippen LogP contribution in [0, 0.1) is 0 Å². The number of nitrogens with zero attached hydrogens (tertiary/aromatic N) is 1. The van der Waals surface area contributed by atoms with Crippen LogP contribution in [0.15, 0.2) is 59.8 Å². The number of aliphatic hydroxyl groups is 1.